The van der Waals surface area contributed by atoms with E-state index in [2.05, 4.69) is 17.3 Å². The third-order valence-corrected chi connectivity index (χ3v) is 47.1. The zero-order valence-electron chi connectivity index (χ0n) is 5.29. The van der Waals surface area contributed by atoms with Gasteiger partial charge in [-0.15, -0.1) is 0 Å². The van der Waals surface area contributed by atoms with Gasteiger partial charge in [0.1, 0.15) is 0 Å². The van der Waals surface area contributed by atoms with Crippen LogP contribution in [0.3, 0.4) is 0 Å². The molecule has 0 spiro atoms. The van der Waals surface area contributed by atoms with Gasteiger partial charge < -0.3 is 0 Å². The molecule has 0 nitrogen and oxygen atoms in total. The zero-order chi connectivity index (χ0) is 5.91. The molecule has 0 N–H and O–H groups in total. The maximum absolute atomic E-state index is 5.76. The summed E-state index contributed by atoms with van der Waals surface area (Å²) in [6.45, 7) is 0. The molecule has 0 aliphatic heterocycles. The van der Waals surface area contributed by atoms with Gasteiger partial charge in [0, 0.05) is 0 Å². The van der Waals surface area contributed by atoms with Crippen molar-refractivity contribution in [2.45, 2.75) is 20.0 Å². The molecule has 0 rings (SSSR count). The van der Waals surface area contributed by atoms with E-state index in [1.165, 1.54) is 2.76 Å². The minimum absolute atomic E-state index is 0.734. The van der Waals surface area contributed by atoms with Crippen molar-refractivity contribution in [3.8, 4) is 0 Å². The number of hydrogen-bond donors (Lipinski definition) is 0. The van der Waals surface area contributed by atoms with Gasteiger partial charge in [-0.05, 0) is 0 Å². The molecule has 0 aromatic heterocycles. The number of rotatable bonds is 2. The van der Waals surface area contributed by atoms with Crippen molar-refractivity contribution in [1.29, 1.82) is 0 Å². The summed E-state index contributed by atoms with van der Waals surface area (Å²) in [4.78, 5) is 0. The molecule has 0 amide bonds. The summed E-state index contributed by atoms with van der Waals surface area (Å²) >= 11 is -1.85. The predicted octanol–water partition coefficient (Wildman–Crippen LogP) is 2.52. The van der Waals surface area contributed by atoms with E-state index >= 15 is 0 Å². The molecule has 0 aromatic carbocycles. The zero-order valence-corrected chi connectivity index (χ0v) is 13.6. The molecule has 0 saturated heterocycles. The summed E-state index contributed by atoms with van der Waals surface area (Å²) < 4.78 is 1.52. The van der Waals surface area contributed by atoms with Crippen LogP contribution < -0.4 is 0 Å². The molecule has 0 aliphatic rings. The molecule has 0 aromatic rings. The van der Waals surface area contributed by atoms with E-state index in [4.69, 9.17) is 8.25 Å². The first-order chi connectivity index (χ1) is 3.06. The van der Waals surface area contributed by atoms with Gasteiger partial charge in [-0.3, -0.25) is 0 Å². The standard InChI is InChI=1S/C4H11Ge.ClH.Hg/c1-5(2,3)4;;/h1H2,2-4H3;1H;/q;;+1/p-1. The Morgan fingerprint density at radius 1 is 1.43 bits per heavy atom. The van der Waals surface area contributed by atoms with Crippen LogP contribution in [0.1, 0.15) is 0 Å². The topological polar surface area (TPSA) is 0 Å². The van der Waals surface area contributed by atoms with E-state index in [-0.39, 0.29) is 0 Å². The van der Waals surface area contributed by atoms with Crippen molar-refractivity contribution in [3.05, 3.63) is 0 Å². The van der Waals surface area contributed by atoms with Crippen LogP contribution in [0, 0.1) is 0 Å². The Labute approximate surface area is 64.2 Å². The molecule has 7 heavy (non-hydrogen) atoms. The summed E-state index contributed by atoms with van der Waals surface area (Å²) in [5, 5.41) is 0. The fraction of sp³-hybridized carbons (Fsp3) is 1.00. The molecule has 0 radical (unpaired) electrons. The van der Waals surface area contributed by atoms with Crippen LogP contribution in [0.5, 0.6) is 0 Å². The number of hydrogen-bond acceptors (Lipinski definition) is 0. The Bertz CT molecular complexity index is 50.1. The third kappa shape index (κ3) is 7.77. The van der Waals surface area contributed by atoms with Crippen LogP contribution in [0.15, 0.2) is 0 Å². The quantitative estimate of drug-likeness (QED) is 0.658. The average molecular weight is 368 g/mol. The monoisotopic (exact) mass is 370 g/mol. The molecular formula is C4H11ClGeHg. The van der Waals surface area contributed by atoms with E-state index in [9.17, 15) is 0 Å². The molecule has 0 heterocycles. The third-order valence-electron chi connectivity index (χ3n) is 0.844. The summed E-state index contributed by atoms with van der Waals surface area (Å²) in [6, 6.07) is 0. The van der Waals surface area contributed by atoms with Crippen LogP contribution in [0.25, 0.3) is 0 Å². The van der Waals surface area contributed by atoms with Crippen molar-refractivity contribution in [2.24, 2.45) is 0 Å². The molecule has 40 valence electrons. The molecule has 0 unspecified atom stereocenters. The maximum atomic E-state index is 5.76. The van der Waals surface area contributed by atoms with Gasteiger partial charge in [0.25, 0.3) is 0 Å². The molecule has 3 heteroatoms. The Balaban J connectivity index is 3.15. The van der Waals surface area contributed by atoms with E-state index in [0.717, 1.165) is 0 Å². The van der Waals surface area contributed by atoms with Crippen LogP contribution in [0.4, 0.5) is 0 Å². The molecule has 0 aliphatic carbocycles. The summed E-state index contributed by atoms with van der Waals surface area (Å²) in [6.07, 6.45) is 0. The fourth-order valence-electron chi connectivity index (χ4n) is 0.283. The van der Waals surface area contributed by atoms with Gasteiger partial charge in [-0.2, -0.15) is 0 Å². The van der Waals surface area contributed by atoms with Gasteiger partial charge in [0.2, 0.25) is 0 Å². The van der Waals surface area contributed by atoms with E-state index < -0.39 is 36.6 Å². The Kier molecular flexibility index (Phi) is 4.67. The second-order valence-corrected chi connectivity index (χ2v) is 29.7. The average Bonchev–Trinajstić information content (AvgIpc) is 1.30. The first-order valence-corrected chi connectivity index (χ1v) is 21.1. The van der Waals surface area contributed by atoms with Crippen LogP contribution in [-0.4, -0.2) is 13.3 Å². The van der Waals surface area contributed by atoms with Crippen molar-refractivity contribution >= 4 is 21.5 Å². The van der Waals surface area contributed by atoms with E-state index in [1.54, 1.807) is 0 Å². The van der Waals surface area contributed by atoms with Gasteiger partial charge >= 0.3 is 64.9 Å². The fourth-order valence-corrected chi connectivity index (χ4v) is 38.8. The first-order valence-electron chi connectivity index (χ1n) is 2.62. The Morgan fingerprint density at radius 3 is 1.86 bits per heavy atom. The van der Waals surface area contributed by atoms with Gasteiger partial charge in [-0.25, -0.2) is 0 Å². The van der Waals surface area contributed by atoms with Crippen LogP contribution in [-0.2, 0) is 23.3 Å². The predicted molar refractivity (Wildman–Crippen MR) is 34.0 cm³/mol. The Hall–Kier alpha value is 1.77. The van der Waals surface area contributed by atoms with Gasteiger partial charge in [0.15, 0.2) is 0 Å². The first kappa shape index (κ1) is 8.77. The van der Waals surface area contributed by atoms with Crippen molar-refractivity contribution in [2.75, 3.05) is 0 Å². The second kappa shape index (κ2) is 3.73. The van der Waals surface area contributed by atoms with Gasteiger partial charge in [0.05, 0.1) is 0 Å². The normalized spacial score (nSPS) is 10.9. The SMILES string of the molecule is [CH3][Ge]([CH3])([CH3])[CH2][Hg][Cl]. The minimum atomic E-state index is -1.11. The summed E-state index contributed by atoms with van der Waals surface area (Å²) in [7, 11) is 5.76. The molecule has 0 atom stereocenters. The summed E-state index contributed by atoms with van der Waals surface area (Å²) in [5.41, 5.74) is 0. The molecular weight excluding hydrogens is 357 g/mol. The number of halogens is 1. The molecule has 0 bridgehead atoms. The Morgan fingerprint density at radius 2 is 1.86 bits per heavy atom. The van der Waals surface area contributed by atoms with Crippen molar-refractivity contribution in [1.82, 2.24) is 0 Å². The molecule has 0 fully saturated rings. The van der Waals surface area contributed by atoms with E-state index in [0.29, 0.717) is 0 Å². The second-order valence-electron chi connectivity index (χ2n) is 3.00. The van der Waals surface area contributed by atoms with Crippen LogP contribution >= 0.6 is 8.25 Å². The summed E-state index contributed by atoms with van der Waals surface area (Å²) in [5.74, 6) is 7.30. The van der Waals surface area contributed by atoms with Gasteiger partial charge in [-0.1, -0.05) is 0 Å². The van der Waals surface area contributed by atoms with Crippen molar-refractivity contribution in [3.63, 3.8) is 0 Å². The van der Waals surface area contributed by atoms with Crippen LogP contribution in [0.2, 0.25) is 20.0 Å². The van der Waals surface area contributed by atoms with E-state index in [1.807, 2.05) is 0 Å². The van der Waals surface area contributed by atoms with Crippen molar-refractivity contribution < 1.29 is 23.3 Å². The molecule has 0 saturated carbocycles.